The summed E-state index contributed by atoms with van der Waals surface area (Å²) in [5.41, 5.74) is 4.50. The van der Waals surface area contributed by atoms with E-state index in [2.05, 4.69) is 5.73 Å². The van der Waals surface area contributed by atoms with Crippen LogP contribution in [0.5, 0.6) is 0 Å². The molecule has 0 aromatic heterocycles. The van der Waals surface area contributed by atoms with Crippen molar-refractivity contribution in [1.82, 2.24) is 0 Å². The van der Waals surface area contributed by atoms with Gasteiger partial charge in [-0.15, -0.1) is 0 Å². The van der Waals surface area contributed by atoms with Gasteiger partial charge in [0.25, 0.3) is 0 Å². The average molecular weight is 301 g/mol. The van der Waals surface area contributed by atoms with Gasteiger partial charge in [-0.05, 0) is 7.05 Å². The molecule has 0 fully saturated rings. The SMILES string of the molecule is CN.CO[Si](OC)(OC)C(C)[Si](OC)(OC)OC. The Morgan fingerprint density at radius 1 is 0.611 bits per heavy atom. The zero-order valence-electron chi connectivity index (χ0n) is 12.6. The van der Waals surface area contributed by atoms with Crippen molar-refractivity contribution in [1.29, 1.82) is 0 Å². The minimum Gasteiger partial charge on any atom is -0.377 e. The van der Waals surface area contributed by atoms with Crippen LogP contribution in [0, 0.1) is 0 Å². The fraction of sp³-hybridized carbons (Fsp3) is 1.00. The van der Waals surface area contributed by atoms with Crippen LogP contribution in [0.25, 0.3) is 0 Å². The molecule has 0 saturated carbocycles. The molecule has 0 aromatic rings. The molecule has 0 radical (unpaired) electrons. The van der Waals surface area contributed by atoms with Crippen LogP contribution in [-0.4, -0.2) is 67.3 Å². The third-order valence-electron chi connectivity index (χ3n) is 2.77. The van der Waals surface area contributed by atoms with E-state index in [4.69, 9.17) is 26.6 Å². The summed E-state index contributed by atoms with van der Waals surface area (Å²) < 4.78 is 32.4. The fourth-order valence-corrected chi connectivity index (χ4v) is 8.75. The van der Waals surface area contributed by atoms with Crippen LogP contribution in [0.4, 0.5) is 0 Å². The van der Waals surface area contributed by atoms with Gasteiger partial charge in [0.2, 0.25) is 0 Å². The molecule has 2 N–H and O–H groups in total. The van der Waals surface area contributed by atoms with Crippen molar-refractivity contribution in [2.24, 2.45) is 5.73 Å². The number of hydrogen-bond acceptors (Lipinski definition) is 7. The number of hydrogen-bond donors (Lipinski definition) is 1. The predicted molar refractivity (Wildman–Crippen MR) is 73.1 cm³/mol. The lowest BCUT2D eigenvalue weighted by Crippen LogP contribution is -2.61. The first-order chi connectivity index (χ1) is 8.52. The van der Waals surface area contributed by atoms with Gasteiger partial charge in [-0.1, -0.05) is 6.92 Å². The van der Waals surface area contributed by atoms with E-state index in [9.17, 15) is 0 Å². The topological polar surface area (TPSA) is 81.4 Å². The second-order valence-corrected chi connectivity index (χ2v) is 10.3. The van der Waals surface area contributed by atoms with Crippen molar-refractivity contribution in [2.75, 3.05) is 49.7 Å². The molecule has 0 rings (SSSR count). The minimum absolute atomic E-state index is 0.208. The van der Waals surface area contributed by atoms with Crippen LogP contribution in [0.3, 0.4) is 0 Å². The molecule has 0 atom stereocenters. The van der Waals surface area contributed by atoms with Crippen LogP contribution in [0.2, 0.25) is 5.16 Å². The van der Waals surface area contributed by atoms with Crippen LogP contribution in [-0.2, 0) is 26.6 Å². The van der Waals surface area contributed by atoms with Crippen LogP contribution in [0.15, 0.2) is 0 Å². The van der Waals surface area contributed by atoms with E-state index < -0.39 is 17.6 Å². The maximum atomic E-state index is 5.40. The molecule has 18 heavy (non-hydrogen) atoms. The van der Waals surface area contributed by atoms with Gasteiger partial charge in [-0.3, -0.25) is 0 Å². The molecular weight excluding hydrogens is 274 g/mol. The molecule has 112 valence electrons. The van der Waals surface area contributed by atoms with Gasteiger partial charge in [0.05, 0.1) is 5.16 Å². The largest absolute Gasteiger partial charge is 0.507 e. The second kappa shape index (κ2) is 10.0. The van der Waals surface area contributed by atoms with E-state index in [1.807, 2.05) is 6.92 Å². The summed E-state index contributed by atoms with van der Waals surface area (Å²) in [6.45, 7) is 1.89. The third kappa shape index (κ3) is 4.08. The number of nitrogens with two attached hydrogens (primary N) is 1. The Labute approximate surface area is 112 Å². The van der Waals surface area contributed by atoms with Gasteiger partial charge < -0.3 is 32.3 Å². The predicted octanol–water partition coefficient (Wildman–Crippen LogP) is 0.247. The average Bonchev–Trinajstić information content (AvgIpc) is 2.46. The monoisotopic (exact) mass is 301 g/mol. The maximum absolute atomic E-state index is 5.40. The summed E-state index contributed by atoms with van der Waals surface area (Å²) in [7, 11) is 5.14. The second-order valence-electron chi connectivity index (χ2n) is 3.15. The molecule has 0 amide bonds. The number of rotatable bonds is 8. The molecule has 0 bridgehead atoms. The first-order valence-corrected chi connectivity index (χ1v) is 9.01. The highest BCUT2D eigenvalue weighted by atomic mass is 28.5. The van der Waals surface area contributed by atoms with E-state index in [-0.39, 0.29) is 5.16 Å². The van der Waals surface area contributed by atoms with Crippen LogP contribution >= 0.6 is 0 Å². The lowest BCUT2D eigenvalue weighted by molar-refractivity contribution is 0.0827. The van der Waals surface area contributed by atoms with E-state index in [1.54, 1.807) is 42.7 Å². The van der Waals surface area contributed by atoms with Crippen molar-refractivity contribution in [3.05, 3.63) is 0 Å². The molecule has 0 unspecified atom stereocenters. The van der Waals surface area contributed by atoms with Crippen molar-refractivity contribution in [3.63, 3.8) is 0 Å². The first-order valence-electron chi connectivity index (χ1n) is 5.41. The molecule has 7 nitrogen and oxygen atoms in total. The zero-order chi connectivity index (χ0) is 14.8. The Morgan fingerprint density at radius 3 is 0.889 bits per heavy atom. The molecule has 0 aliphatic rings. The standard InChI is InChI=1S/C8H22O6Si2.CH5N/c1-8(15(9-2,10-3)11-4)16(12-5,13-6)14-7;1-2/h8H,1-7H3;2H2,1H3. The van der Waals surface area contributed by atoms with Gasteiger partial charge in [-0.2, -0.15) is 0 Å². The molecule has 0 aliphatic heterocycles. The van der Waals surface area contributed by atoms with Crippen LogP contribution < -0.4 is 5.73 Å². The van der Waals surface area contributed by atoms with Gasteiger partial charge in [0, 0.05) is 42.7 Å². The van der Waals surface area contributed by atoms with Gasteiger partial charge in [-0.25, -0.2) is 0 Å². The molecule has 9 heteroatoms. The van der Waals surface area contributed by atoms with E-state index in [0.717, 1.165) is 0 Å². The molecule has 0 aliphatic carbocycles. The van der Waals surface area contributed by atoms with Gasteiger partial charge in [0.15, 0.2) is 0 Å². The summed E-state index contributed by atoms with van der Waals surface area (Å²) in [5.74, 6) is 0. The summed E-state index contributed by atoms with van der Waals surface area (Å²) in [4.78, 5) is 0. The van der Waals surface area contributed by atoms with E-state index in [0.29, 0.717) is 0 Å². The highest BCUT2D eigenvalue weighted by Gasteiger charge is 2.61. The Hall–Kier alpha value is 0.154. The van der Waals surface area contributed by atoms with Crippen molar-refractivity contribution >= 4 is 17.6 Å². The molecule has 0 spiro atoms. The quantitative estimate of drug-likeness (QED) is 0.643. The Kier molecular flexibility index (Phi) is 11.4. The molecule has 0 heterocycles. The van der Waals surface area contributed by atoms with Crippen LogP contribution in [0.1, 0.15) is 6.92 Å². The Balaban J connectivity index is 0. The Morgan fingerprint density at radius 2 is 0.778 bits per heavy atom. The highest BCUT2D eigenvalue weighted by Crippen LogP contribution is 2.34. The normalized spacial score (nSPS) is 12.3. The lowest BCUT2D eigenvalue weighted by Gasteiger charge is -2.37. The highest BCUT2D eigenvalue weighted by molar-refractivity contribution is 6.82. The van der Waals surface area contributed by atoms with Crippen molar-refractivity contribution in [2.45, 2.75) is 12.1 Å². The fourth-order valence-electron chi connectivity index (χ4n) is 1.78. The van der Waals surface area contributed by atoms with Gasteiger partial charge in [0.1, 0.15) is 0 Å². The zero-order valence-corrected chi connectivity index (χ0v) is 14.6. The summed E-state index contributed by atoms with van der Waals surface area (Å²) in [6.07, 6.45) is 0. The Bertz CT molecular complexity index is 165. The molecular formula is C9H27NO6Si2. The summed E-state index contributed by atoms with van der Waals surface area (Å²) in [6, 6.07) is 0. The van der Waals surface area contributed by atoms with Crippen molar-refractivity contribution < 1.29 is 26.6 Å². The summed E-state index contributed by atoms with van der Waals surface area (Å²) >= 11 is 0. The minimum atomic E-state index is -2.83. The van der Waals surface area contributed by atoms with Gasteiger partial charge >= 0.3 is 17.6 Å². The lowest BCUT2D eigenvalue weighted by atomic mass is 10.9. The smallest absolute Gasteiger partial charge is 0.377 e. The summed E-state index contributed by atoms with van der Waals surface area (Å²) in [5, 5.41) is -0.208. The first kappa shape index (κ1) is 20.5. The van der Waals surface area contributed by atoms with Crippen molar-refractivity contribution in [3.8, 4) is 0 Å². The van der Waals surface area contributed by atoms with E-state index >= 15 is 0 Å². The molecule has 0 saturated heterocycles. The van der Waals surface area contributed by atoms with E-state index in [1.165, 1.54) is 7.05 Å². The maximum Gasteiger partial charge on any atom is 0.507 e. The molecule has 0 aromatic carbocycles. The third-order valence-corrected chi connectivity index (χ3v) is 10.4.